The number of carbonyl (C=O) groups is 1. The van der Waals surface area contributed by atoms with E-state index in [-0.39, 0.29) is 5.78 Å². The number of hydrogen-bond acceptors (Lipinski definition) is 1. The average molecular weight is 166 g/mol. The SMILES string of the molecule is C=C(CCC=C(C)C)CC(C)=O. The third kappa shape index (κ3) is 7.26. The molecule has 0 rings (SSSR count). The minimum absolute atomic E-state index is 0.206. The van der Waals surface area contributed by atoms with Crippen LogP contribution in [0.1, 0.15) is 40.0 Å². The lowest BCUT2D eigenvalue weighted by atomic mass is 10.1. The van der Waals surface area contributed by atoms with Crippen molar-refractivity contribution in [2.24, 2.45) is 0 Å². The first-order valence-electron chi connectivity index (χ1n) is 4.32. The molecule has 0 heterocycles. The first-order chi connectivity index (χ1) is 5.52. The van der Waals surface area contributed by atoms with E-state index in [9.17, 15) is 4.79 Å². The molecule has 0 amide bonds. The van der Waals surface area contributed by atoms with Crippen LogP contribution in [0.2, 0.25) is 0 Å². The van der Waals surface area contributed by atoms with Gasteiger partial charge in [0.05, 0.1) is 0 Å². The van der Waals surface area contributed by atoms with Crippen molar-refractivity contribution in [2.75, 3.05) is 0 Å². The fourth-order valence-electron chi connectivity index (χ4n) is 1.01. The number of rotatable bonds is 5. The van der Waals surface area contributed by atoms with E-state index in [2.05, 4.69) is 26.5 Å². The summed E-state index contributed by atoms with van der Waals surface area (Å²) in [5.74, 6) is 0.206. The van der Waals surface area contributed by atoms with E-state index in [1.807, 2.05) is 0 Å². The predicted octanol–water partition coefficient (Wildman–Crippen LogP) is 3.27. The van der Waals surface area contributed by atoms with E-state index in [0.29, 0.717) is 6.42 Å². The molecular weight excluding hydrogens is 148 g/mol. The van der Waals surface area contributed by atoms with Crippen LogP contribution in [0.25, 0.3) is 0 Å². The third-order valence-corrected chi connectivity index (χ3v) is 1.55. The molecule has 0 unspecified atom stereocenters. The summed E-state index contributed by atoms with van der Waals surface area (Å²) in [4.78, 5) is 10.7. The Morgan fingerprint density at radius 3 is 2.33 bits per heavy atom. The molecule has 0 radical (unpaired) electrons. The van der Waals surface area contributed by atoms with E-state index in [1.165, 1.54) is 5.57 Å². The molecule has 0 aromatic heterocycles. The molecule has 0 N–H and O–H groups in total. The van der Waals surface area contributed by atoms with Crippen LogP contribution < -0.4 is 0 Å². The van der Waals surface area contributed by atoms with Gasteiger partial charge >= 0.3 is 0 Å². The summed E-state index contributed by atoms with van der Waals surface area (Å²) in [6, 6.07) is 0. The van der Waals surface area contributed by atoms with Crippen molar-refractivity contribution in [1.29, 1.82) is 0 Å². The molecule has 0 aromatic carbocycles. The highest BCUT2D eigenvalue weighted by Crippen LogP contribution is 2.09. The Hall–Kier alpha value is -0.850. The largest absolute Gasteiger partial charge is 0.300 e. The number of hydrogen-bond donors (Lipinski definition) is 0. The Kier molecular flexibility index (Phi) is 5.35. The number of allylic oxidation sites excluding steroid dienone is 3. The zero-order valence-electron chi connectivity index (χ0n) is 8.31. The van der Waals surface area contributed by atoms with Gasteiger partial charge in [0.1, 0.15) is 5.78 Å². The zero-order valence-corrected chi connectivity index (χ0v) is 8.31. The fraction of sp³-hybridized carbons (Fsp3) is 0.545. The van der Waals surface area contributed by atoms with Crippen molar-refractivity contribution in [2.45, 2.75) is 40.0 Å². The molecule has 0 bridgehead atoms. The minimum Gasteiger partial charge on any atom is -0.300 e. The summed E-state index contributed by atoms with van der Waals surface area (Å²) >= 11 is 0. The lowest BCUT2D eigenvalue weighted by Crippen LogP contribution is -1.92. The molecule has 0 spiro atoms. The van der Waals surface area contributed by atoms with Crippen molar-refractivity contribution < 1.29 is 4.79 Å². The van der Waals surface area contributed by atoms with Crippen LogP contribution in [0, 0.1) is 0 Å². The van der Waals surface area contributed by atoms with Crippen LogP contribution in [0.3, 0.4) is 0 Å². The second-order valence-electron chi connectivity index (χ2n) is 3.45. The molecule has 0 aliphatic rings. The Bertz CT molecular complexity index is 195. The highest BCUT2D eigenvalue weighted by atomic mass is 16.1. The Balaban J connectivity index is 3.58. The van der Waals surface area contributed by atoms with Crippen molar-refractivity contribution in [1.82, 2.24) is 0 Å². The summed E-state index contributed by atoms with van der Waals surface area (Å²) in [6.07, 6.45) is 4.65. The molecular formula is C11H18O. The van der Waals surface area contributed by atoms with E-state index in [1.54, 1.807) is 6.92 Å². The topological polar surface area (TPSA) is 17.1 Å². The monoisotopic (exact) mass is 166 g/mol. The Morgan fingerprint density at radius 1 is 1.33 bits per heavy atom. The Morgan fingerprint density at radius 2 is 1.92 bits per heavy atom. The van der Waals surface area contributed by atoms with Crippen molar-refractivity contribution in [3.05, 3.63) is 23.8 Å². The van der Waals surface area contributed by atoms with Crippen molar-refractivity contribution in [3.63, 3.8) is 0 Å². The molecule has 0 saturated heterocycles. The number of Topliss-reactive ketones (excluding diaryl/α,β-unsaturated/α-hetero) is 1. The van der Waals surface area contributed by atoms with E-state index >= 15 is 0 Å². The second-order valence-corrected chi connectivity index (χ2v) is 3.45. The molecule has 1 heteroatoms. The average Bonchev–Trinajstić information content (AvgIpc) is 1.84. The molecule has 68 valence electrons. The van der Waals surface area contributed by atoms with Crippen molar-refractivity contribution >= 4 is 5.78 Å². The summed E-state index contributed by atoms with van der Waals surface area (Å²) in [5.41, 5.74) is 2.37. The summed E-state index contributed by atoms with van der Waals surface area (Å²) in [5, 5.41) is 0. The summed E-state index contributed by atoms with van der Waals surface area (Å²) in [7, 11) is 0. The Labute approximate surface area is 75.2 Å². The first kappa shape index (κ1) is 11.2. The molecule has 1 nitrogen and oxygen atoms in total. The molecule has 0 aliphatic carbocycles. The first-order valence-corrected chi connectivity index (χ1v) is 4.32. The lowest BCUT2D eigenvalue weighted by molar-refractivity contribution is -0.116. The third-order valence-electron chi connectivity index (χ3n) is 1.55. The maximum absolute atomic E-state index is 10.7. The van der Waals surface area contributed by atoms with Crippen LogP contribution in [0.4, 0.5) is 0 Å². The van der Waals surface area contributed by atoms with Gasteiger partial charge in [-0.05, 0) is 33.6 Å². The van der Waals surface area contributed by atoms with E-state index in [0.717, 1.165) is 18.4 Å². The van der Waals surface area contributed by atoms with Gasteiger partial charge in [0, 0.05) is 6.42 Å². The molecule has 0 fully saturated rings. The van der Waals surface area contributed by atoms with Gasteiger partial charge in [-0.1, -0.05) is 23.8 Å². The quantitative estimate of drug-likeness (QED) is 0.573. The van der Waals surface area contributed by atoms with Gasteiger partial charge in [-0.15, -0.1) is 0 Å². The maximum atomic E-state index is 10.7. The van der Waals surface area contributed by atoms with Crippen LogP contribution in [0.5, 0.6) is 0 Å². The van der Waals surface area contributed by atoms with Crippen LogP contribution >= 0.6 is 0 Å². The summed E-state index contributed by atoms with van der Waals surface area (Å²) in [6.45, 7) is 9.60. The minimum atomic E-state index is 0.206. The van der Waals surface area contributed by atoms with Crippen LogP contribution in [-0.4, -0.2) is 5.78 Å². The van der Waals surface area contributed by atoms with Gasteiger partial charge in [0.2, 0.25) is 0 Å². The van der Waals surface area contributed by atoms with Crippen LogP contribution in [-0.2, 0) is 4.79 Å². The second kappa shape index (κ2) is 5.76. The fourth-order valence-corrected chi connectivity index (χ4v) is 1.01. The molecule has 0 aromatic rings. The number of ketones is 1. The van der Waals surface area contributed by atoms with E-state index in [4.69, 9.17) is 0 Å². The lowest BCUT2D eigenvalue weighted by Gasteiger charge is -1.99. The van der Waals surface area contributed by atoms with Crippen molar-refractivity contribution in [3.8, 4) is 0 Å². The normalized spacial score (nSPS) is 9.25. The summed E-state index contributed by atoms with van der Waals surface area (Å²) < 4.78 is 0. The van der Waals surface area contributed by atoms with Gasteiger partial charge in [0.15, 0.2) is 0 Å². The number of carbonyl (C=O) groups excluding carboxylic acids is 1. The highest BCUT2D eigenvalue weighted by Gasteiger charge is 1.96. The predicted molar refractivity (Wildman–Crippen MR) is 53.1 cm³/mol. The van der Waals surface area contributed by atoms with Gasteiger partial charge < -0.3 is 0 Å². The standard InChI is InChI=1S/C11H18O/c1-9(2)6-5-7-10(3)8-11(4)12/h6H,3,5,7-8H2,1-2,4H3. The molecule has 0 atom stereocenters. The zero-order chi connectivity index (χ0) is 9.56. The smallest absolute Gasteiger partial charge is 0.133 e. The molecule has 0 aliphatic heterocycles. The van der Waals surface area contributed by atoms with Gasteiger partial charge in [0.25, 0.3) is 0 Å². The maximum Gasteiger partial charge on any atom is 0.133 e. The van der Waals surface area contributed by atoms with Gasteiger partial charge in [-0.2, -0.15) is 0 Å². The molecule has 12 heavy (non-hydrogen) atoms. The molecule has 0 saturated carbocycles. The van der Waals surface area contributed by atoms with Gasteiger partial charge in [-0.3, -0.25) is 4.79 Å². The van der Waals surface area contributed by atoms with Gasteiger partial charge in [-0.25, -0.2) is 0 Å². The highest BCUT2D eigenvalue weighted by molar-refractivity contribution is 5.77. The van der Waals surface area contributed by atoms with Crippen LogP contribution in [0.15, 0.2) is 23.8 Å². The van der Waals surface area contributed by atoms with E-state index < -0.39 is 0 Å².